The molecule has 1 heteroatoms. The van der Waals surface area contributed by atoms with Gasteiger partial charge in [0.15, 0.2) is 8.07 Å². The molecule has 0 aromatic heterocycles. The molecular formula is C27H28Si. The first-order valence-corrected chi connectivity index (χ1v) is 12.4. The molecule has 0 aliphatic heterocycles. The van der Waals surface area contributed by atoms with Crippen molar-refractivity contribution in [3.05, 3.63) is 114 Å². The maximum atomic E-state index is 2.40. The number of hydrogen-bond acceptors (Lipinski definition) is 0. The van der Waals surface area contributed by atoms with Gasteiger partial charge < -0.3 is 0 Å². The van der Waals surface area contributed by atoms with Gasteiger partial charge in [0, 0.05) is 0 Å². The number of allylic oxidation sites excluding steroid dienone is 4. The van der Waals surface area contributed by atoms with Gasteiger partial charge in [-0.3, -0.25) is 0 Å². The fourth-order valence-corrected chi connectivity index (χ4v) is 9.87. The first-order chi connectivity index (χ1) is 13.9. The lowest BCUT2D eigenvalue weighted by molar-refractivity contribution is 0.797. The summed E-state index contributed by atoms with van der Waals surface area (Å²) in [6, 6.07) is 33.8. The molecule has 1 aliphatic rings. The minimum absolute atomic E-state index is 1.07. The van der Waals surface area contributed by atoms with Gasteiger partial charge in [-0.05, 0) is 34.8 Å². The average molecular weight is 381 g/mol. The second kappa shape index (κ2) is 8.58. The number of rotatable bonds is 7. The molecule has 0 radical (unpaired) electrons. The number of unbranched alkanes of at least 4 members (excludes halogenated alkanes) is 1. The standard InChI is InChI=1S/C27H28Si/c1-2-3-14-23-15-13-22-27(23)28(24-16-7-4-8-17-24,25-18-9-5-10-19-25)26-20-11-6-12-21-26/h4-13,15-21H,2-3,14,22H2,1H3. The topological polar surface area (TPSA) is 0 Å². The Balaban J connectivity index is 2.05. The summed E-state index contributed by atoms with van der Waals surface area (Å²) < 4.78 is 0. The minimum Gasteiger partial charge on any atom is -0.0805 e. The maximum absolute atomic E-state index is 2.40. The van der Waals surface area contributed by atoms with Crippen molar-refractivity contribution in [2.45, 2.75) is 32.6 Å². The van der Waals surface area contributed by atoms with E-state index >= 15 is 0 Å². The van der Waals surface area contributed by atoms with Crippen LogP contribution in [-0.2, 0) is 0 Å². The molecule has 3 aromatic rings. The molecule has 0 atom stereocenters. The van der Waals surface area contributed by atoms with Crippen LogP contribution in [0.25, 0.3) is 0 Å². The molecule has 0 N–H and O–H groups in total. The van der Waals surface area contributed by atoms with Gasteiger partial charge in [0.05, 0.1) is 0 Å². The van der Waals surface area contributed by atoms with Crippen molar-refractivity contribution < 1.29 is 0 Å². The molecular weight excluding hydrogens is 352 g/mol. The van der Waals surface area contributed by atoms with Crippen LogP contribution in [0.15, 0.2) is 114 Å². The van der Waals surface area contributed by atoms with E-state index in [2.05, 4.69) is 110 Å². The van der Waals surface area contributed by atoms with E-state index in [0.29, 0.717) is 0 Å². The smallest absolute Gasteiger partial charge is 0.0805 e. The van der Waals surface area contributed by atoms with Gasteiger partial charge in [0.25, 0.3) is 0 Å². The highest BCUT2D eigenvalue weighted by atomic mass is 28.3. The second-order valence-electron chi connectivity index (χ2n) is 7.56. The van der Waals surface area contributed by atoms with E-state index in [1.54, 1.807) is 10.8 Å². The van der Waals surface area contributed by atoms with E-state index in [1.807, 2.05) is 0 Å². The van der Waals surface area contributed by atoms with Gasteiger partial charge in [-0.25, -0.2) is 0 Å². The molecule has 0 spiro atoms. The first kappa shape index (κ1) is 18.7. The molecule has 0 saturated heterocycles. The Labute approximate surface area is 170 Å². The summed E-state index contributed by atoms with van der Waals surface area (Å²) in [7, 11) is -2.29. The highest BCUT2D eigenvalue weighted by molar-refractivity contribution is 7.16. The maximum Gasteiger partial charge on any atom is 0.176 e. The van der Waals surface area contributed by atoms with Crippen LogP contribution in [0.2, 0.25) is 0 Å². The summed E-state index contributed by atoms with van der Waals surface area (Å²) in [4.78, 5) is 0. The average Bonchev–Trinajstić information content (AvgIpc) is 3.24. The highest BCUT2D eigenvalue weighted by Gasteiger charge is 2.44. The molecule has 140 valence electrons. The Kier molecular flexibility index (Phi) is 5.73. The lowest BCUT2D eigenvalue weighted by Crippen LogP contribution is -2.68. The van der Waals surface area contributed by atoms with E-state index in [-0.39, 0.29) is 0 Å². The van der Waals surface area contributed by atoms with Crippen LogP contribution >= 0.6 is 0 Å². The predicted molar refractivity (Wildman–Crippen MR) is 124 cm³/mol. The van der Waals surface area contributed by atoms with Crippen LogP contribution in [0.5, 0.6) is 0 Å². The van der Waals surface area contributed by atoms with E-state index in [1.165, 1.54) is 34.8 Å². The third kappa shape index (κ3) is 3.31. The highest BCUT2D eigenvalue weighted by Crippen LogP contribution is 2.31. The van der Waals surface area contributed by atoms with Crippen LogP contribution in [0.1, 0.15) is 32.6 Å². The Morgan fingerprint density at radius 3 is 1.57 bits per heavy atom. The number of hydrogen-bond donors (Lipinski definition) is 0. The fourth-order valence-electron chi connectivity index (χ4n) is 4.63. The van der Waals surface area contributed by atoms with Gasteiger partial charge in [0.2, 0.25) is 0 Å². The Morgan fingerprint density at radius 2 is 1.14 bits per heavy atom. The summed E-state index contributed by atoms with van der Waals surface area (Å²) >= 11 is 0. The summed E-state index contributed by atoms with van der Waals surface area (Å²) in [5.74, 6) is 0. The van der Waals surface area contributed by atoms with Crippen molar-refractivity contribution in [3.63, 3.8) is 0 Å². The van der Waals surface area contributed by atoms with Crippen LogP contribution in [0, 0.1) is 0 Å². The first-order valence-electron chi connectivity index (χ1n) is 10.4. The van der Waals surface area contributed by atoms with Gasteiger partial charge in [-0.15, -0.1) is 0 Å². The van der Waals surface area contributed by atoms with Crippen molar-refractivity contribution in [1.29, 1.82) is 0 Å². The third-order valence-electron chi connectivity index (χ3n) is 5.90. The van der Waals surface area contributed by atoms with Crippen molar-refractivity contribution in [2.24, 2.45) is 0 Å². The molecule has 0 nitrogen and oxygen atoms in total. The monoisotopic (exact) mass is 380 g/mol. The van der Waals surface area contributed by atoms with Gasteiger partial charge in [-0.1, -0.05) is 127 Å². The molecule has 0 amide bonds. The fraction of sp³-hybridized carbons (Fsp3) is 0.185. The summed E-state index contributed by atoms with van der Waals surface area (Å²) in [5, 5.41) is 6.13. The van der Waals surface area contributed by atoms with Crippen LogP contribution in [-0.4, -0.2) is 8.07 Å². The number of benzene rings is 3. The SMILES string of the molecule is CCCCC1=C([Si](c2ccccc2)(c2ccccc2)c2ccccc2)CC=C1. The Morgan fingerprint density at radius 1 is 0.679 bits per heavy atom. The van der Waals surface area contributed by atoms with E-state index < -0.39 is 8.07 Å². The normalized spacial score (nSPS) is 13.9. The second-order valence-corrected chi connectivity index (χ2v) is 11.4. The molecule has 3 aromatic carbocycles. The summed E-state index contributed by atoms with van der Waals surface area (Å²) in [5.41, 5.74) is 1.57. The van der Waals surface area contributed by atoms with Gasteiger partial charge >= 0.3 is 0 Å². The lowest BCUT2D eigenvalue weighted by Gasteiger charge is -2.36. The zero-order chi connectivity index (χ0) is 19.2. The van der Waals surface area contributed by atoms with Crippen molar-refractivity contribution in [2.75, 3.05) is 0 Å². The molecule has 0 heterocycles. The molecule has 0 saturated carbocycles. The van der Waals surface area contributed by atoms with Gasteiger partial charge in [0.1, 0.15) is 0 Å². The Hall–Kier alpha value is -2.64. The molecule has 0 bridgehead atoms. The summed E-state index contributed by atoms with van der Waals surface area (Å²) in [6.45, 7) is 2.29. The molecule has 28 heavy (non-hydrogen) atoms. The third-order valence-corrected chi connectivity index (χ3v) is 10.9. The summed E-state index contributed by atoms with van der Waals surface area (Å²) in [6.07, 6.45) is 9.54. The molecule has 0 fully saturated rings. The molecule has 1 aliphatic carbocycles. The van der Waals surface area contributed by atoms with Gasteiger partial charge in [-0.2, -0.15) is 0 Å². The predicted octanol–water partition coefficient (Wildman–Crippen LogP) is 5.14. The van der Waals surface area contributed by atoms with Crippen LogP contribution in [0.3, 0.4) is 0 Å². The zero-order valence-electron chi connectivity index (χ0n) is 16.6. The molecule has 4 rings (SSSR count). The van der Waals surface area contributed by atoms with Crippen molar-refractivity contribution in [1.82, 2.24) is 0 Å². The van der Waals surface area contributed by atoms with E-state index in [9.17, 15) is 0 Å². The Bertz CT molecular complexity index is 856. The minimum atomic E-state index is -2.29. The van der Waals surface area contributed by atoms with Crippen molar-refractivity contribution >= 4 is 23.6 Å². The molecule has 0 unspecified atom stereocenters. The van der Waals surface area contributed by atoms with Crippen molar-refractivity contribution in [3.8, 4) is 0 Å². The van der Waals surface area contributed by atoms with Crippen LogP contribution in [0.4, 0.5) is 0 Å². The van der Waals surface area contributed by atoms with Crippen LogP contribution < -0.4 is 15.6 Å². The quantitative estimate of drug-likeness (QED) is 0.393. The van der Waals surface area contributed by atoms with E-state index in [4.69, 9.17) is 0 Å². The zero-order valence-corrected chi connectivity index (χ0v) is 17.6. The van der Waals surface area contributed by atoms with E-state index in [0.717, 1.165) is 6.42 Å². The largest absolute Gasteiger partial charge is 0.176 e. The lowest BCUT2D eigenvalue weighted by atomic mass is 10.1.